The summed E-state index contributed by atoms with van der Waals surface area (Å²) in [6.45, 7) is 1.59. The molecule has 0 spiro atoms. The van der Waals surface area contributed by atoms with Crippen LogP contribution in [-0.2, 0) is 10.0 Å². The number of halogens is 1. The van der Waals surface area contributed by atoms with E-state index in [0.29, 0.717) is 5.56 Å². The van der Waals surface area contributed by atoms with Gasteiger partial charge in [-0.1, -0.05) is 0 Å². The molecule has 0 aliphatic carbocycles. The van der Waals surface area contributed by atoms with Crippen molar-refractivity contribution in [2.24, 2.45) is 0 Å². The van der Waals surface area contributed by atoms with Crippen molar-refractivity contribution >= 4 is 15.8 Å². The second kappa shape index (κ2) is 6.76. The highest BCUT2D eigenvalue weighted by atomic mass is 32.2. The number of rotatable bonds is 6. The number of hydrogen-bond acceptors (Lipinski definition) is 4. The van der Waals surface area contributed by atoms with Crippen molar-refractivity contribution in [1.82, 2.24) is 9.71 Å². The molecule has 1 heterocycles. The SMILES string of the molecule is C[C@@H](CC(=O)c1ccc(F)cc1)NS(=O)(=O)c1cccnc1. The molecule has 2 aromatic rings. The number of pyridine rings is 1. The van der Waals surface area contributed by atoms with Gasteiger partial charge in [-0.2, -0.15) is 0 Å². The molecule has 0 radical (unpaired) electrons. The summed E-state index contributed by atoms with van der Waals surface area (Å²) in [5.41, 5.74) is 0.342. The van der Waals surface area contributed by atoms with Crippen LogP contribution in [0.1, 0.15) is 23.7 Å². The zero-order valence-corrected chi connectivity index (χ0v) is 12.7. The van der Waals surface area contributed by atoms with Crippen LogP contribution < -0.4 is 4.72 Å². The molecule has 0 saturated heterocycles. The maximum atomic E-state index is 12.8. The number of nitrogens with zero attached hydrogens (tertiary/aromatic N) is 1. The van der Waals surface area contributed by atoms with Crippen LogP contribution in [0.4, 0.5) is 4.39 Å². The van der Waals surface area contributed by atoms with Gasteiger partial charge in [0.15, 0.2) is 5.78 Å². The molecule has 22 heavy (non-hydrogen) atoms. The minimum absolute atomic E-state index is 0.0227. The Hall–Kier alpha value is -2.12. The van der Waals surface area contributed by atoms with Crippen LogP contribution in [0, 0.1) is 5.82 Å². The van der Waals surface area contributed by atoms with Gasteiger partial charge >= 0.3 is 0 Å². The first kappa shape index (κ1) is 16.3. The van der Waals surface area contributed by atoms with Gasteiger partial charge in [0.1, 0.15) is 10.7 Å². The van der Waals surface area contributed by atoms with Crippen molar-refractivity contribution in [1.29, 1.82) is 0 Å². The van der Waals surface area contributed by atoms with E-state index < -0.39 is 21.9 Å². The average molecular weight is 322 g/mol. The van der Waals surface area contributed by atoms with Crippen LogP contribution in [0.2, 0.25) is 0 Å². The van der Waals surface area contributed by atoms with Crippen molar-refractivity contribution in [3.05, 3.63) is 60.2 Å². The normalized spacial score (nSPS) is 12.8. The number of hydrogen-bond donors (Lipinski definition) is 1. The lowest BCUT2D eigenvalue weighted by molar-refractivity contribution is 0.0975. The van der Waals surface area contributed by atoms with E-state index in [0.717, 1.165) is 0 Å². The van der Waals surface area contributed by atoms with Gasteiger partial charge in [-0.05, 0) is 43.3 Å². The number of sulfonamides is 1. The number of ketones is 1. The Kier molecular flexibility index (Phi) is 4.99. The fraction of sp³-hybridized carbons (Fsp3) is 0.200. The summed E-state index contributed by atoms with van der Waals surface area (Å²) >= 11 is 0. The van der Waals surface area contributed by atoms with Crippen molar-refractivity contribution in [3.63, 3.8) is 0 Å². The summed E-state index contributed by atoms with van der Waals surface area (Å²) in [6, 6.07) is 7.48. The highest BCUT2D eigenvalue weighted by Crippen LogP contribution is 2.11. The molecule has 1 aromatic heterocycles. The van der Waals surface area contributed by atoms with E-state index in [4.69, 9.17) is 0 Å². The van der Waals surface area contributed by atoms with Gasteiger partial charge in [0.2, 0.25) is 10.0 Å². The summed E-state index contributed by atoms with van der Waals surface area (Å²) < 4.78 is 39.4. The number of carbonyl (C=O) groups excluding carboxylic acids is 1. The first-order valence-electron chi connectivity index (χ1n) is 6.59. The highest BCUT2D eigenvalue weighted by molar-refractivity contribution is 7.89. The van der Waals surface area contributed by atoms with E-state index in [1.165, 1.54) is 48.8 Å². The lowest BCUT2D eigenvalue weighted by Crippen LogP contribution is -2.34. The Morgan fingerprint density at radius 2 is 1.95 bits per heavy atom. The zero-order valence-electron chi connectivity index (χ0n) is 11.9. The predicted molar refractivity (Wildman–Crippen MR) is 79.4 cm³/mol. The Labute approximate surface area is 128 Å². The summed E-state index contributed by atoms with van der Waals surface area (Å²) in [5, 5.41) is 0. The molecule has 116 valence electrons. The molecule has 1 atom stereocenters. The minimum Gasteiger partial charge on any atom is -0.294 e. The zero-order chi connectivity index (χ0) is 16.2. The maximum Gasteiger partial charge on any atom is 0.242 e. The van der Waals surface area contributed by atoms with Crippen LogP contribution in [0.3, 0.4) is 0 Å². The summed E-state index contributed by atoms with van der Waals surface area (Å²) in [4.78, 5) is 15.8. The second-order valence-electron chi connectivity index (χ2n) is 4.85. The fourth-order valence-corrected chi connectivity index (χ4v) is 3.12. The molecule has 1 N–H and O–H groups in total. The van der Waals surface area contributed by atoms with E-state index in [-0.39, 0.29) is 17.1 Å². The van der Waals surface area contributed by atoms with Crippen LogP contribution in [0.25, 0.3) is 0 Å². The molecular weight excluding hydrogens is 307 g/mol. The van der Waals surface area contributed by atoms with Gasteiger partial charge in [0.25, 0.3) is 0 Å². The summed E-state index contributed by atoms with van der Waals surface area (Å²) in [7, 11) is -3.72. The standard InChI is InChI=1S/C15H15FN2O3S/c1-11(9-15(19)12-4-6-13(16)7-5-12)18-22(20,21)14-3-2-8-17-10-14/h2-8,10-11,18H,9H2,1H3/t11-/m0/s1. The molecular formula is C15H15FN2O3S. The smallest absolute Gasteiger partial charge is 0.242 e. The molecule has 2 rings (SSSR count). The van der Waals surface area contributed by atoms with E-state index in [1.807, 2.05) is 0 Å². The Morgan fingerprint density at radius 1 is 1.27 bits per heavy atom. The fourth-order valence-electron chi connectivity index (χ4n) is 1.91. The summed E-state index contributed by atoms with van der Waals surface area (Å²) in [5.74, 6) is -0.691. The Bertz CT molecular complexity index is 746. The molecule has 1 aromatic carbocycles. The van der Waals surface area contributed by atoms with E-state index in [9.17, 15) is 17.6 Å². The van der Waals surface area contributed by atoms with Crippen LogP contribution in [-0.4, -0.2) is 25.2 Å². The van der Waals surface area contributed by atoms with Crippen molar-refractivity contribution in [2.45, 2.75) is 24.3 Å². The third-order valence-corrected chi connectivity index (χ3v) is 4.53. The number of benzene rings is 1. The van der Waals surface area contributed by atoms with Crippen molar-refractivity contribution in [2.75, 3.05) is 0 Å². The number of carbonyl (C=O) groups is 1. The van der Waals surface area contributed by atoms with Crippen LogP contribution in [0.5, 0.6) is 0 Å². The minimum atomic E-state index is -3.72. The van der Waals surface area contributed by atoms with Gasteiger partial charge in [-0.15, -0.1) is 0 Å². The van der Waals surface area contributed by atoms with Crippen LogP contribution >= 0.6 is 0 Å². The van der Waals surface area contributed by atoms with E-state index in [1.54, 1.807) is 6.92 Å². The molecule has 5 nitrogen and oxygen atoms in total. The molecule has 0 aliphatic heterocycles. The van der Waals surface area contributed by atoms with Gasteiger partial charge < -0.3 is 0 Å². The Balaban J connectivity index is 2.02. The second-order valence-corrected chi connectivity index (χ2v) is 6.56. The van der Waals surface area contributed by atoms with Crippen molar-refractivity contribution < 1.29 is 17.6 Å². The highest BCUT2D eigenvalue weighted by Gasteiger charge is 2.19. The largest absolute Gasteiger partial charge is 0.294 e. The lowest BCUT2D eigenvalue weighted by Gasteiger charge is -2.13. The molecule has 7 heteroatoms. The first-order valence-corrected chi connectivity index (χ1v) is 8.08. The first-order chi connectivity index (χ1) is 10.4. The monoisotopic (exact) mass is 322 g/mol. The lowest BCUT2D eigenvalue weighted by atomic mass is 10.1. The third kappa shape index (κ3) is 4.19. The number of aromatic nitrogens is 1. The van der Waals surface area contributed by atoms with E-state index >= 15 is 0 Å². The topological polar surface area (TPSA) is 76.1 Å². The van der Waals surface area contributed by atoms with Gasteiger partial charge in [-0.25, -0.2) is 17.5 Å². The maximum absolute atomic E-state index is 12.8. The predicted octanol–water partition coefficient (Wildman–Crippen LogP) is 2.16. The van der Waals surface area contributed by atoms with Crippen molar-refractivity contribution in [3.8, 4) is 0 Å². The van der Waals surface area contributed by atoms with Gasteiger partial charge in [0.05, 0.1) is 0 Å². The number of nitrogens with one attached hydrogen (secondary N) is 1. The summed E-state index contributed by atoms with van der Waals surface area (Å²) in [6.07, 6.45) is 2.68. The molecule has 0 unspecified atom stereocenters. The third-order valence-electron chi connectivity index (χ3n) is 2.96. The molecule has 0 amide bonds. The van der Waals surface area contributed by atoms with Gasteiger partial charge in [-0.3, -0.25) is 9.78 Å². The Morgan fingerprint density at radius 3 is 2.55 bits per heavy atom. The molecule has 0 aliphatic rings. The number of Topliss-reactive ketones (excluding diaryl/α,β-unsaturated/α-hetero) is 1. The molecule has 0 bridgehead atoms. The molecule has 0 fully saturated rings. The molecule has 0 saturated carbocycles. The van der Waals surface area contributed by atoms with Gasteiger partial charge in [0, 0.05) is 30.4 Å². The average Bonchev–Trinajstić information content (AvgIpc) is 2.48. The quantitative estimate of drug-likeness (QED) is 0.827. The van der Waals surface area contributed by atoms with Crippen LogP contribution in [0.15, 0.2) is 53.7 Å². The van der Waals surface area contributed by atoms with E-state index in [2.05, 4.69) is 9.71 Å².